The second-order valence-electron chi connectivity index (χ2n) is 6.60. The maximum Gasteiger partial charge on any atom is 0.143 e. The fourth-order valence-electron chi connectivity index (χ4n) is 2.09. The molecule has 2 aromatic rings. The Kier molecular flexibility index (Phi) is 4.41. The van der Waals surface area contributed by atoms with Crippen LogP contribution < -0.4 is 0 Å². The quantitative estimate of drug-likeness (QED) is 0.720. The summed E-state index contributed by atoms with van der Waals surface area (Å²) in [4.78, 5) is 0. The van der Waals surface area contributed by atoms with E-state index in [-0.39, 0.29) is 11.2 Å². The summed E-state index contributed by atoms with van der Waals surface area (Å²) in [6.07, 6.45) is 0.931. The maximum atomic E-state index is 9.90. The lowest BCUT2D eigenvalue weighted by atomic mass is 9.88. The van der Waals surface area contributed by atoms with Crippen molar-refractivity contribution in [3.05, 3.63) is 53.6 Å². The molecule has 2 rings (SSSR count). The van der Waals surface area contributed by atoms with Gasteiger partial charge in [-0.15, -0.1) is 5.11 Å². The van der Waals surface area contributed by atoms with Gasteiger partial charge in [0, 0.05) is 0 Å². The third-order valence-corrected chi connectivity index (χ3v) is 3.08. The first-order chi connectivity index (χ1) is 9.83. The number of nitrogens with zero attached hydrogens (tertiary/aromatic N) is 2. The monoisotopic (exact) mass is 282 g/mol. The fourth-order valence-corrected chi connectivity index (χ4v) is 2.09. The minimum atomic E-state index is 0.156. The molecule has 0 amide bonds. The van der Waals surface area contributed by atoms with Crippen molar-refractivity contribution in [2.45, 2.75) is 34.1 Å². The normalized spacial score (nSPS) is 12.0. The lowest BCUT2D eigenvalue weighted by molar-refractivity contribution is 0.410. The Morgan fingerprint density at radius 2 is 1.62 bits per heavy atom. The van der Waals surface area contributed by atoms with Gasteiger partial charge in [0.15, 0.2) is 0 Å². The Balaban J connectivity index is 2.22. The van der Waals surface area contributed by atoms with Crippen LogP contribution in [0.25, 0.3) is 0 Å². The highest BCUT2D eigenvalue weighted by Crippen LogP contribution is 2.31. The van der Waals surface area contributed by atoms with E-state index in [0.717, 1.165) is 17.7 Å². The summed E-state index contributed by atoms with van der Waals surface area (Å²) in [5, 5.41) is 18.3. The van der Waals surface area contributed by atoms with Gasteiger partial charge in [-0.1, -0.05) is 44.5 Å². The zero-order valence-electron chi connectivity index (χ0n) is 13.1. The molecule has 0 aliphatic carbocycles. The van der Waals surface area contributed by atoms with Gasteiger partial charge in [0.2, 0.25) is 0 Å². The number of benzene rings is 2. The largest absolute Gasteiger partial charge is 0.506 e. The third-order valence-electron chi connectivity index (χ3n) is 3.08. The molecule has 0 aromatic heterocycles. The van der Waals surface area contributed by atoms with Gasteiger partial charge in [0.25, 0.3) is 0 Å². The molecule has 0 saturated heterocycles. The lowest BCUT2D eigenvalue weighted by Gasteiger charge is -2.18. The highest BCUT2D eigenvalue weighted by atomic mass is 16.3. The average molecular weight is 282 g/mol. The van der Waals surface area contributed by atoms with Gasteiger partial charge < -0.3 is 5.11 Å². The zero-order valence-corrected chi connectivity index (χ0v) is 13.1. The highest BCUT2D eigenvalue weighted by molar-refractivity contribution is 5.53. The van der Waals surface area contributed by atoms with E-state index < -0.39 is 0 Å². The maximum absolute atomic E-state index is 9.90. The van der Waals surface area contributed by atoms with Crippen LogP contribution in [0.15, 0.2) is 52.7 Å². The van der Waals surface area contributed by atoms with E-state index in [2.05, 4.69) is 31.0 Å². The Hall–Kier alpha value is -2.16. The summed E-state index contributed by atoms with van der Waals surface area (Å²) in [5.41, 5.74) is 3.82. The van der Waals surface area contributed by atoms with E-state index in [1.807, 2.05) is 43.3 Å². The minimum Gasteiger partial charge on any atom is -0.506 e. The van der Waals surface area contributed by atoms with Crippen LogP contribution in [0.5, 0.6) is 5.75 Å². The lowest BCUT2D eigenvalue weighted by Crippen LogP contribution is -2.08. The van der Waals surface area contributed by atoms with Gasteiger partial charge in [0.1, 0.15) is 11.4 Å². The van der Waals surface area contributed by atoms with Gasteiger partial charge in [-0.25, -0.2) is 0 Å². The molecular formula is C18H22N2O. The number of aryl methyl sites for hydroxylation is 1. The van der Waals surface area contributed by atoms with Crippen molar-refractivity contribution in [1.82, 2.24) is 0 Å². The molecule has 3 heteroatoms. The van der Waals surface area contributed by atoms with Crippen LogP contribution in [0, 0.1) is 12.3 Å². The number of hydrogen-bond acceptors (Lipinski definition) is 3. The average Bonchev–Trinajstić information content (AvgIpc) is 2.39. The predicted octanol–water partition coefficient (Wildman–Crippen LogP) is 5.70. The van der Waals surface area contributed by atoms with E-state index in [0.29, 0.717) is 5.69 Å². The van der Waals surface area contributed by atoms with E-state index in [1.54, 1.807) is 6.07 Å². The molecule has 0 bridgehead atoms. The molecule has 0 fully saturated rings. The summed E-state index contributed by atoms with van der Waals surface area (Å²) in [5.74, 6) is 0.156. The number of aromatic hydroxyl groups is 1. The van der Waals surface area contributed by atoms with Crippen LogP contribution in [0.4, 0.5) is 11.4 Å². The van der Waals surface area contributed by atoms with Crippen LogP contribution in [0.1, 0.15) is 31.9 Å². The first kappa shape index (κ1) is 15.2. The molecule has 0 aliphatic rings. The van der Waals surface area contributed by atoms with E-state index >= 15 is 0 Å². The number of hydrogen-bond donors (Lipinski definition) is 1. The molecule has 0 saturated carbocycles. The molecule has 110 valence electrons. The second kappa shape index (κ2) is 6.08. The van der Waals surface area contributed by atoms with Crippen molar-refractivity contribution < 1.29 is 5.11 Å². The molecule has 0 radical (unpaired) electrons. The van der Waals surface area contributed by atoms with Crippen molar-refractivity contribution >= 4 is 11.4 Å². The predicted molar refractivity (Wildman–Crippen MR) is 86.6 cm³/mol. The second-order valence-corrected chi connectivity index (χ2v) is 6.60. The van der Waals surface area contributed by atoms with Crippen molar-refractivity contribution in [2.24, 2.45) is 15.6 Å². The Morgan fingerprint density at radius 1 is 0.952 bits per heavy atom. The van der Waals surface area contributed by atoms with Gasteiger partial charge in [-0.3, -0.25) is 0 Å². The summed E-state index contributed by atoms with van der Waals surface area (Å²) in [7, 11) is 0. The highest BCUT2D eigenvalue weighted by Gasteiger charge is 2.12. The van der Waals surface area contributed by atoms with E-state index in [1.165, 1.54) is 5.56 Å². The zero-order chi connectivity index (χ0) is 15.5. The Bertz CT molecular complexity index is 637. The van der Waals surface area contributed by atoms with Crippen molar-refractivity contribution in [3.8, 4) is 5.75 Å². The van der Waals surface area contributed by atoms with Crippen LogP contribution >= 0.6 is 0 Å². The molecule has 0 spiro atoms. The van der Waals surface area contributed by atoms with Crippen LogP contribution in [-0.4, -0.2) is 5.11 Å². The molecular weight excluding hydrogens is 260 g/mol. The molecule has 21 heavy (non-hydrogen) atoms. The van der Waals surface area contributed by atoms with Gasteiger partial charge in [0.05, 0.1) is 5.69 Å². The molecule has 0 atom stereocenters. The fraction of sp³-hybridized carbons (Fsp3) is 0.333. The molecule has 0 unspecified atom stereocenters. The van der Waals surface area contributed by atoms with Crippen LogP contribution in [-0.2, 0) is 6.42 Å². The number of phenols is 1. The van der Waals surface area contributed by atoms with Gasteiger partial charge in [-0.05, 0) is 48.6 Å². The first-order valence-corrected chi connectivity index (χ1v) is 7.14. The van der Waals surface area contributed by atoms with Crippen molar-refractivity contribution in [2.75, 3.05) is 0 Å². The Morgan fingerprint density at radius 3 is 2.24 bits per heavy atom. The van der Waals surface area contributed by atoms with Gasteiger partial charge in [-0.2, -0.15) is 5.11 Å². The smallest absolute Gasteiger partial charge is 0.143 e. The summed E-state index contributed by atoms with van der Waals surface area (Å²) < 4.78 is 0. The van der Waals surface area contributed by atoms with E-state index in [9.17, 15) is 5.11 Å². The standard InChI is InChI=1S/C18H22N2O/c1-13-5-8-15(9-6-13)19-20-16-11-14(7-10-17(16)21)12-18(2,3)4/h5-11,21H,12H2,1-4H3. The summed E-state index contributed by atoms with van der Waals surface area (Å²) in [6.45, 7) is 8.59. The molecule has 0 aliphatic heterocycles. The minimum absolute atomic E-state index is 0.156. The molecule has 1 N–H and O–H groups in total. The van der Waals surface area contributed by atoms with Crippen molar-refractivity contribution in [1.29, 1.82) is 0 Å². The van der Waals surface area contributed by atoms with E-state index in [4.69, 9.17) is 0 Å². The summed E-state index contributed by atoms with van der Waals surface area (Å²) >= 11 is 0. The topological polar surface area (TPSA) is 45.0 Å². The number of azo groups is 1. The van der Waals surface area contributed by atoms with Crippen LogP contribution in [0.3, 0.4) is 0 Å². The number of phenolic OH excluding ortho intramolecular Hbond substituents is 1. The Labute approximate surface area is 126 Å². The summed E-state index contributed by atoms with van der Waals surface area (Å²) in [6, 6.07) is 13.3. The van der Waals surface area contributed by atoms with Gasteiger partial charge >= 0.3 is 0 Å². The first-order valence-electron chi connectivity index (χ1n) is 7.14. The third kappa shape index (κ3) is 4.71. The van der Waals surface area contributed by atoms with Crippen molar-refractivity contribution in [3.63, 3.8) is 0 Å². The molecule has 2 aromatic carbocycles. The molecule has 0 heterocycles. The molecule has 3 nitrogen and oxygen atoms in total. The number of rotatable bonds is 3. The van der Waals surface area contributed by atoms with Crippen LogP contribution in [0.2, 0.25) is 0 Å². The SMILES string of the molecule is Cc1ccc(N=Nc2cc(CC(C)(C)C)ccc2O)cc1.